The molecule has 0 fully saturated rings. The van der Waals surface area contributed by atoms with Gasteiger partial charge in [-0.2, -0.15) is 0 Å². The molecule has 2 atom stereocenters. The molecule has 0 spiro atoms. The summed E-state index contributed by atoms with van der Waals surface area (Å²) >= 11 is 0. The summed E-state index contributed by atoms with van der Waals surface area (Å²) < 4.78 is 0. The Morgan fingerprint density at radius 3 is 2.31 bits per heavy atom. The predicted molar refractivity (Wildman–Crippen MR) is 61.9 cm³/mol. The lowest BCUT2D eigenvalue weighted by molar-refractivity contribution is -0.142. The molecule has 16 heavy (non-hydrogen) atoms. The highest BCUT2D eigenvalue weighted by Gasteiger charge is 2.24. The van der Waals surface area contributed by atoms with Crippen molar-refractivity contribution < 1.29 is 14.7 Å². The van der Waals surface area contributed by atoms with Crippen LogP contribution in [0.3, 0.4) is 0 Å². The lowest BCUT2D eigenvalue weighted by Crippen LogP contribution is -2.50. The maximum absolute atomic E-state index is 11.6. The minimum absolute atomic E-state index is 0.000574. The number of unbranched alkanes of at least 4 members (excludes halogenated alkanes) is 1. The molecule has 1 amide bonds. The molecular weight excluding hydrogens is 208 g/mol. The maximum atomic E-state index is 11.6. The average molecular weight is 230 g/mol. The zero-order valence-electron chi connectivity index (χ0n) is 10.2. The summed E-state index contributed by atoms with van der Waals surface area (Å²) in [6, 6.07) is -1.47. The number of amides is 1. The van der Waals surface area contributed by atoms with Crippen molar-refractivity contribution in [3.05, 3.63) is 0 Å². The first-order chi connectivity index (χ1) is 7.40. The molecule has 0 aromatic rings. The van der Waals surface area contributed by atoms with Gasteiger partial charge in [-0.15, -0.1) is 0 Å². The van der Waals surface area contributed by atoms with Crippen LogP contribution in [0.25, 0.3) is 0 Å². The molecule has 0 saturated carbocycles. The van der Waals surface area contributed by atoms with Gasteiger partial charge < -0.3 is 16.2 Å². The second-order valence-electron chi connectivity index (χ2n) is 4.31. The first-order valence-corrected chi connectivity index (χ1v) is 5.68. The minimum atomic E-state index is -1.00. The van der Waals surface area contributed by atoms with E-state index < -0.39 is 24.0 Å². The summed E-state index contributed by atoms with van der Waals surface area (Å²) in [5, 5.41) is 11.4. The Balaban J connectivity index is 4.28. The Hall–Kier alpha value is -1.10. The van der Waals surface area contributed by atoms with Gasteiger partial charge in [0.2, 0.25) is 5.91 Å². The summed E-state index contributed by atoms with van der Waals surface area (Å²) in [7, 11) is 0. The van der Waals surface area contributed by atoms with Gasteiger partial charge >= 0.3 is 5.97 Å². The number of nitrogens with one attached hydrogen (secondary N) is 1. The van der Waals surface area contributed by atoms with E-state index in [2.05, 4.69) is 5.32 Å². The lowest BCUT2D eigenvalue weighted by atomic mass is 10.0. The van der Waals surface area contributed by atoms with Gasteiger partial charge in [0.15, 0.2) is 0 Å². The van der Waals surface area contributed by atoms with Crippen LogP contribution in [-0.2, 0) is 9.59 Å². The van der Waals surface area contributed by atoms with Gasteiger partial charge in [-0.3, -0.25) is 4.79 Å². The Kier molecular flexibility index (Phi) is 6.72. The highest BCUT2D eigenvalue weighted by atomic mass is 16.4. The number of nitrogens with two attached hydrogens (primary N) is 1. The number of carboxylic acids is 1. The highest BCUT2D eigenvalue weighted by Crippen LogP contribution is 2.03. The van der Waals surface area contributed by atoms with E-state index in [-0.39, 0.29) is 5.92 Å². The van der Waals surface area contributed by atoms with Gasteiger partial charge in [0.1, 0.15) is 6.04 Å². The lowest BCUT2D eigenvalue weighted by Gasteiger charge is -2.19. The monoisotopic (exact) mass is 230 g/mol. The van der Waals surface area contributed by atoms with Crippen LogP contribution in [0.5, 0.6) is 0 Å². The molecular formula is C11H22N2O3. The number of hydrogen-bond donors (Lipinski definition) is 3. The van der Waals surface area contributed by atoms with E-state index in [0.717, 1.165) is 12.8 Å². The molecule has 94 valence electrons. The summed E-state index contributed by atoms with van der Waals surface area (Å²) in [6.07, 6.45) is 2.12. The quantitative estimate of drug-likeness (QED) is 0.601. The number of rotatable bonds is 7. The molecule has 5 heteroatoms. The first kappa shape index (κ1) is 14.9. The van der Waals surface area contributed by atoms with Crippen molar-refractivity contribution in [1.29, 1.82) is 0 Å². The van der Waals surface area contributed by atoms with Gasteiger partial charge in [0.25, 0.3) is 0 Å². The first-order valence-electron chi connectivity index (χ1n) is 5.68. The molecule has 0 aliphatic carbocycles. The van der Waals surface area contributed by atoms with Crippen molar-refractivity contribution in [2.75, 3.05) is 0 Å². The molecule has 0 aromatic carbocycles. The molecule has 0 rings (SSSR count). The molecule has 0 aliphatic heterocycles. The van der Waals surface area contributed by atoms with E-state index >= 15 is 0 Å². The van der Waals surface area contributed by atoms with E-state index in [1.807, 2.05) is 20.8 Å². The zero-order chi connectivity index (χ0) is 12.7. The van der Waals surface area contributed by atoms with Crippen LogP contribution in [0, 0.1) is 5.92 Å². The average Bonchev–Trinajstić information content (AvgIpc) is 2.21. The van der Waals surface area contributed by atoms with Crippen LogP contribution < -0.4 is 11.1 Å². The summed E-state index contributed by atoms with van der Waals surface area (Å²) in [6.45, 7) is 5.62. The fourth-order valence-electron chi connectivity index (χ4n) is 1.24. The van der Waals surface area contributed by atoms with Gasteiger partial charge in [-0.25, -0.2) is 4.79 Å². The number of hydrogen-bond acceptors (Lipinski definition) is 3. The molecule has 0 heterocycles. The molecule has 0 aliphatic rings. The smallest absolute Gasteiger partial charge is 0.326 e. The van der Waals surface area contributed by atoms with E-state index in [1.165, 1.54) is 0 Å². The van der Waals surface area contributed by atoms with Crippen molar-refractivity contribution >= 4 is 11.9 Å². The number of carbonyl (C=O) groups excluding carboxylic acids is 1. The van der Waals surface area contributed by atoms with E-state index in [0.29, 0.717) is 6.42 Å². The predicted octanol–water partition coefficient (Wildman–Crippen LogP) is 0.729. The fraction of sp³-hybridized carbons (Fsp3) is 0.818. The zero-order valence-corrected chi connectivity index (χ0v) is 10.2. The SMILES string of the molecule is CCCC[C@H](NC(=O)[C@@H](N)C(C)C)C(=O)O. The Morgan fingerprint density at radius 1 is 1.38 bits per heavy atom. The highest BCUT2D eigenvalue weighted by molar-refractivity contribution is 5.86. The third-order valence-corrected chi connectivity index (χ3v) is 2.48. The van der Waals surface area contributed by atoms with Gasteiger partial charge in [-0.1, -0.05) is 33.6 Å². The molecule has 0 radical (unpaired) electrons. The topological polar surface area (TPSA) is 92.4 Å². The van der Waals surface area contributed by atoms with Crippen LogP contribution in [0.2, 0.25) is 0 Å². The second-order valence-corrected chi connectivity index (χ2v) is 4.31. The molecule has 0 aromatic heterocycles. The van der Waals surface area contributed by atoms with Crippen molar-refractivity contribution in [3.63, 3.8) is 0 Å². The van der Waals surface area contributed by atoms with Crippen molar-refractivity contribution in [2.45, 2.75) is 52.1 Å². The third-order valence-electron chi connectivity index (χ3n) is 2.48. The number of carbonyl (C=O) groups is 2. The summed E-state index contributed by atoms with van der Waals surface area (Å²) in [5.74, 6) is -1.39. The molecule has 0 bridgehead atoms. The minimum Gasteiger partial charge on any atom is -0.480 e. The fourth-order valence-corrected chi connectivity index (χ4v) is 1.24. The third kappa shape index (κ3) is 5.11. The molecule has 0 unspecified atom stereocenters. The molecule has 0 saturated heterocycles. The van der Waals surface area contributed by atoms with Crippen LogP contribution in [0.15, 0.2) is 0 Å². The van der Waals surface area contributed by atoms with Crippen molar-refractivity contribution in [2.24, 2.45) is 11.7 Å². The normalized spacial score (nSPS) is 14.6. The Labute approximate surface area is 96.4 Å². The molecule has 5 nitrogen and oxygen atoms in total. The number of carboxylic acid groups (broad SMARTS) is 1. The standard InChI is InChI=1S/C11H22N2O3/c1-4-5-6-8(11(15)16)13-10(14)9(12)7(2)3/h7-9H,4-6,12H2,1-3H3,(H,13,14)(H,15,16)/t8-,9-/m0/s1. The second kappa shape index (κ2) is 7.22. The largest absolute Gasteiger partial charge is 0.480 e. The van der Waals surface area contributed by atoms with E-state index in [1.54, 1.807) is 0 Å². The van der Waals surface area contributed by atoms with Gasteiger partial charge in [0, 0.05) is 0 Å². The van der Waals surface area contributed by atoms with Crippen LogP contribution >= 0.6 is 0 Å². The molecule has 4 N–H and O–H groups in total. The Bertz CT molecular complexity index is 241. The van der Waals surface area contributed by atoms with Crippen molar-refractivity contribution in [1.82, 2.24) is 5.32 Å². The van der Waals surface area contributed by atoms with Gasteiger partial charge in [0.05, 0.1) is 6.04 Å². The number of aliphatic carboxylic acids is 1. The van der Waals surface area contributed by atoms with Crippen LogP contribution in [-0.4, -0.2) is 29.1 Å². The van der Waals surface area contributed by atoms with Crippen LogP contribution in [0.4, 0.5) is 0 Å². The maximum Gasteiger partial charge on any atom is 0.326 e. The Morgan fingerprint density at radius 2 is 1.94 bits per heavy atom. The van der Waals surface area contributed by atoms with E-state index in [4.69, 9.17) is 10.8 Å². The summed E-state index contributed by atoms with van der Waals surface area (Å²) in [4.78, 5) is 22.4. The van der Waals surface area contributed by atoms with Crippen molar-refractivity contribution in [3.8, 4) is 0 Å². The van der Waals surface area contributed by atoms with Gasteiger partial charge in [-0.05, 0) is 12.3 Å². The van der Waals surface area contributed by atoms with Crippen LogP contribution in [0.1, 0.15) is 40.0 Å². The summed E-state index contributed by atoms with van der Waals surface area (Å²) in [5.41, 5.74) is 5.63. The van der Waals surface area contributed by atoms with E-state index in [9.17, 15) is 9.59 Å².